The molecule has 0 fully saturated rings. The van der Waals surface area contributed by atoms with Crippen LogP contribution in [0, 0.1) is 11.5 Å². The molecule has 2 N–H and O–H groups in total. The van der Waals surface area contributed by atoms with E-state index in [4.69, 9.17) is 11.0 Å². The average molecular weight is 114 g/mol. The Morgan fingerprint density at radius 1 is 1.50 bits per heavy atom. The van der Waals surface area contributed by atoms with Crippen molar-refractivity contribution in [3.63, 3.8) is 0 Å². The third kappa shape index (κ3) is 5.25. The van der Waals surface area contributed by atoms with E-state index in [2.05, 4.69) is 4.74 Å². The van der Waals surface area contributed by atoms with Gasteiger partial charge in [0.25, 0.3) is 6.26 Å². The van der Waals surface area contributed by atoms with Gasteiger partial charge in [0.15, 0.2) is 0 Å². The molecule has 0 radical (unpaired) electrons. The first-order chi connectivity index (χ1) is 3.91. The summed E-state index contributed by atoms with van der Waals surface area (Å²) in [5.74, 6) is 0. The van der Waals surface area contributed by atoms with Crippen LogP contribution in [0.1, 0.15) is 12.8 Å². The molecule has 0 aliphatic rings. The second-order valence-electron chi connectivity index (χ2n) is 1.44. The van der Waals surface area contributed by atoms with Crippen molar-refractivity contribution in [2.45, 2.75) is 12.8 Å². The summed E-state index contributed by atoms with van der Waals surface area (Å²) in [5.41, 5.74) is 5.17. The zero-order valence-corrected chi connectivity index (χ0v) is 4.76. The van der Waals surface area contributed by atoms with Crippen molar-refractivity contribution in [2.75, 3.05) is 13.2 Å². The number of ether oxygens (including phenoxy) is 1. The molecule has 0 heterocycles. The molecule has 0 spiro atoms. The summed E-state index contributed by atoms with van der Waals surface area (Å²) in [7, 11) is 0. The summed E-state index contributed by atoms with van der Waals surface area (Å²) < 4.78 is 4.39. The van der Waals surface area contributed by atoms with Crippen molar-refractivity contribution in [3.8, 4) is 6.26 Å². The molecule has 0 amide bonds. The van der Waals surface area contributed by atoms with E-state index in [1.165, 1.54) is 0 Å². The highest BCUT2D eigenvalue weighted by molar-refractivity contribution is 4.47. The predicted molar refractivity (Wildman–Crippen MR) is 29.9 cm³/mol. The maximum Gasteiger partial charge on any atom is 0.286 e. The van der Waals surface area contributed by atoms with Crippen LogP contribution in [0.15, 0.2) is 0 Å². The lowest BCUT2D eigenvalue weighted by Crippen LogP contribution is -1.99. The minimum atomic E-state index is 0.508. The zero-order valence-electron chi connectivity index (χ0n) is 4.76. The molecule has 0 aromatic rings. The van der Waals surface area contributed by atoms with Gasteiger partial charge in [0.05, 0.1) is 0 Å². The lowest BCUT2D eigenvalue weighted by atomic mass is 10.3. The van der Waals surface area contributed by atoms with E-state index in [1.807, 2.05) is 0 Å². The van der Waals surface area contributed by atoms with Crippen molar-refractivity contribution >= 4 is 0 Å². The fraction of sp³-hybridized carbons (Fsp3) is 0.800. The van der Waals surface area contributed by atoms with Crippen LogP contribution < -0.4 is 5.73 Å². The Labute approximate surface area is 49.0 Å². The Balaban J connectivity index is 2.65. The lowest BCUT2D eigenvalue weighted by Gasteiger charge is -1.92. The molecule has 0 aliphatic carbocycles. The molecule has 3 heteroatoms. The Kier molecular flexibility index (Phi) is 5.66. The van der Waals surface area contributed by atoms with E-state index in [0.717, 1.165) is 12.8 Å². The highest BCUT2D eigenvalue weighted by atomic mass is 16.5. The molecule has 0 aromatic heterocycles. The van der Waals surface area contributed by atoms with Crippen LogP contribution in [0.25, 0.3) is 0 Å². The van der Waals surface area contributed by atoms with Gasteiger partial charge in [-0.1, -0.05) is 0 Å². The summed E-state index contributed by atoms with van der Waals surface area (Å²) in [6, 6.07) is 0. The van der Waals surface area contributed by atoms with Gasteiger partial charge in [-0.05, 0) is 19.4 Å². The molecule has 0 aliphatic heterocycles. The molecule has 46 valence electrons. The smallest absolute Gasteiger partial charge is 0.286 e. The van der Waals surface area contributed by atoms with Crippen LogP contribution in [-0.2, 0) is 4.74 Å². The van der Waals surface area contributed by atoms with Gasteiger partial charge in [0, 0.05) is 0 Å². The van der Waals surface area contributed by atoms with E-state index in [0.29, 0.717) is 13.2 Å². The second kappa shape index (κ2) is 6.25. The predicted octanol–water partition coefficient (Wildman–Crippen LogP) is 0.223. The SMILES string of the molecule is N#COCCCCN. The molecule has 0 saturated heterocycles. The number of hydrogen-bond acceptors (Lipinski definition) is 3. The fourth-order valence-electron chi connectivity index (χ4n) is 0.364. The highest BCUT2D eigenvalue weighted by Gasteiger charge is 1.82. The van der Waals surface area contributed by atoms with Crippen molar-refractivity contribution < 1.29 is 4.74 Å². The third-order valence-electron chi connectivity index (χ3n) is 0.765. The Bertz CT molecular complexity index is 77.0. The van der Waals surface area contributed by atoms with Gasteiger partial charge >= 0.3 is 0 Å². The summed E-state index contributed by atoms with van der Waals surface area (Å²) in [6.07, 6.45) is 3.40. The molecular weight excluding hydrogens is 104 g/mol. The van der Waals surface area contributed by atoms with Crippen LogP contribution in [0.2, 0.25) is 0 Å². The van der Waals surface area contributed by atoms with E-state index in [-0.39, 0.29) is 0 Å². The van der Waals surface area contributed by atoms with Gasteiger partial charge in [0.2, 0.25) is 0 Å². The van der Waals surface area contributed by atoms with Gasteiger partial charge in [-0.3, -0.25) is 0 Å². The summed E-state index contributed by atoms with van der Waals surface area (Å²) in [5, 5.41) is 7.86. The van der Waals surface area contributed by atoms with Crippen molar-refractivity contribution in [2.24, 2.45) is 5.73 Å². The first-order valence-corrected chi connectivity index (χ1v) is 2.62. The minimum absolute atomic E-state index is 0.508. The maximum atomic E-state index is 7.86. The van der Waals surface area contributed by atoms with Gasteiger partial charge < -0.3 is 10.5 Å². The Hall–Kier alpha value is -0.750. The van der Waals surface area contributed by atoms with E-state index in [1.54, 1.807) is 6.26 Å². The largest absolute Gasteiger partial charge is 0.428 e. The maximum absolute atomic E-state index is 7.86. The Morgan fingerprint density at radius 3 is 2.75 bits per heavy atom. The number of hydrogen-bond donors (Lipinski definition) is 1. The van der Waals surface area contributed by atoms with E-state index in [9.17, 15) is 0 Å². The molecule has 0 saturated carbocycles. The second-order valence-corrected chi connectivity index (χ2v) is 1.44. The van der Waals surface area contributed by atoms with Gasteiger partial charge in [0.1, 0.15) is 6.61 Å². The van der Waals surface area contributed by atoms with Crippen molar-refractivity contribution in [3.05, 3.63) is 0 Å². The lowest BCUT2D eigenvalue weighted by molar-refractivity contribution is 0.262. The molecule has 0 rings (SSSR count). The molecule has 0 aromatic carbocycles. The molecular formula is C5H10N2O. The number of nitrogens with zero attached hydrogens (tertiary/aromatic N) is 1. The molecule has 0 unspecified atom stereocenters. The van der Waals surface area contributed by atoms with Crippen LogP contribution >= 0.6 is 0 Å². The third-order valence-corrected chi connectivity index (χ3v) is 0.765. The van der Waals surface area contributed by atoms with Crippen LogP contribution in [0.5, 0.6) is 0 Å². The van der Waals surface area contributed by atoms with Gasteiger partial charge in [-0.25, -0.2) is 0 Å². The van der Waals surface area contributed by atoms with Crippen molar-refractivity contribution in [1.29, 1.82) is 5.26 Å². The first kappa shape index (κ1) is 7.25. The first-order valence-electron chi connectivity index (χ1n) is 2.62. The zero-order chi connectivity index (χ0) is 6.24. The number of nitriles is 1. The molecule has 3 nitrogen and oxygen atoms in total. The number of unbranched alkanes of at least 4 members (excludes halogenated alkanes) is 1. The normalized spacial score (nSPS) is 8.00. The van der Waals surface area contributed by atoms with Crippen LogP contribution in [0.4, 0.5) is 0 Å². The van der Waals surface area contributed by atoms with E-state index >= 15 is 0 Å². The fourth-order valence-corrected chi connectivity index (χ4v) is 0.364. The number of nitrogens with two attached hydrogens (primary N) is 1. The summed E-state index contributed by atoms with van der Waals surface area (Å²) >= 11 is 0. The monoisotopic (exact) mass is 114 g/mol. The highest BCUT2D eigenvalue weighted by Crippen LogP contribution is 1.84. The Morgan fingerprint density at radius 2 is 2.25 bits per heavy atom. The summed E-state index contributed by atoms with van der Waals surface area (Å²) in [6.45, 7) is 1.18. The molecule has 8 heavy (non-hydrogen) atoms. The average Bonchev–Trinajstić information content (AvgIpc) is 1.81. The van der Waals surface area contributed by atoms with Crippen LogP contribution in [-0.4, -0.2) is 13.2 Å². The molecule has 0 atom stereocenters. The van der Waals surface area contributed by atoms with Crippen molar-refractivity contribution in [1.82, 2.24) is 0 Å². The topological polar surface area (TPSA) is 59.0 Å². The number of rotatable bonds is 4. The molecule has 0 bridgehead atoms. The van der Waals surface area contributed by atoms with Gasteiger partial charge in [-0.15, -0.1) is 0 Å². The summed E-state index contributed by atoms with van der Waals surface area (Å²) in [4.78, 5) is 0. The minimum Gasteiger partial charge on any atom is -0.428 e. The van der Waals surface area contributed by atoms with E-state index < -0.39 is 0 Å². The standard InChI is InChI=1S/C5H10N2O/c6-3-1-2-4-8-5-7/h1-4,6H2. The quantitative estimate of drug-likeness (QED) is 0.420. The van der Waals surface area contributed by atoms with Crippen LogP contribution in [0.3, 0.4) is 0 Å². The van der Waals surface area contributed by atoms with Gasteiger partial charge in [-0.2, -0.15) is 5.26 Å².